The molecule has 140 valence electrons. The molecule has 0 aromatic heterocycles. The van der Waals surface area contributed by atoms with Crippen molar-refractivity contribution in [3.05, 3.63) is 17.7 Å². The van der Waals surface area contributed by atoms with Crippen LogP contribution in [0.5, 0.6) is 17.2 Å². The standard InChI is InChI=1S/C15H20O10/c1-22-7-3-6(14(20)21)4-8(23-2)13(7)25-15-12(19)11(18)10(17)9(5-16)24-15/h3-4,9-12,15-19H,5H2,1-2H3,(H,20,21)/t9-,10-,11+,12-,15?/m1/s1. The number of benzene rings is 1. The van der Waals surface area contributed by atoms with E-state index >= 15 is 0 Å². The predicted molar refractivity (Wildman–Crippen MR) is 80.9 cm³/mol. The van der Waals surface area contributed by atoms with E-state index in [0.717, 1.165) is 0 Å². The lowest BCUT2D eigenvalue weighted by atomic mass is 9.99. The van der Waals surface area contributed by atoms with E-state index in [2.05, 4.69) is 0 Å². The van der Waals surface area contributed by atoms with Gasteiger partial charge in [0.1, 0.15) is 24.4 Å². The van der Waals surface area contributed by atoms with E-state index < -0.39 is 43.3 Å². The summed E-state index contributed by atoms with van der Waals surface area (Å²) < 4.78 is 20.9. The maximum Gasteiger partial charge on any atom is 0.335 e. The SMILES string of the molecule is COc1cc(C(=O)O)cc(OC)c1OC1O[C@H](CO)[C@@H](O)[C@H](O)[C@H]1O. The molecule has 1 heterocycles. The van der Waals surface area contributed by atoms with Gasteiger partial charge in [-0.2, -0.15) is 0 Å². The number of hydrogen-bond donors (Lipinski definition) is 5. The molecule has 1 aliphatic rings. The molecule has 1 aromatic rings. The van der Waals surface area contributed by atoms with Crippen molar-refractivity contribution in [1.82, 2.24) is 0 Å². The number of hydrogen-bond acceptors (Lipinski definition) is 9. The van der Waals surface area contributed by atoms with E-state index in [4.69, 9.17) is 24.1 Å². The Hall–Kier alpha value is -2.11. The second kappa shape index (κ2) is 7.85. The average molecular weight is 360 g/mol. The summed E-state index contributed by atoms with van der Waals surface area (Å²) >= 11 is 0. The number of carboxylic acid groups (broad SMARTS) is 1. The van der Waals surface area contributed by atoms with Crippen molar-refractivity contribution in [2.75, 3.05) is 20.8 Å². The molecule has 1 unspecified atom stereocenters. The Morgan fingerprint density at radius 1 is 1.08 bits per heavy atom. The lowest BCUT2D eigenvalue weighted by Gasteiger charge is -2.39. The van der Waals surface area contributed by atoms with Gasteiger partial charge < -0.3 is 44.5 Å². The Labute approximate surface area is 142 Å². The topological polar surface area (TPSA) is 155 Å². The minimum absolute atomic E-state index is 0.00582. The highest BCUT2D eigenvalue weighted by Gasteiger charge is 2.45. The molecule has 0 aliphatic carbocycles. The fraction of sp³-hybridized carbons (Fsp3) is 0.533. The summed E-state index contributed by atoms with van der Waals surface area (Å²) in [5.41, 5.74) is -0.116. The third-order valence-electron chi connectivity index (χ3n) is 3.79. The molecule has 0 bridgehead atoms. The van der Waals surface area contributed by atoms with Crippen LogP contribution in [0.25, 0.3) is 0 Å². The van der Waals surface area contributed by atoms with Gasteiger partial charge in [0.2, 0.25) is 12.0 Å². The van der Waals surface area contributed by atoms with Crippen molar-refractivity contribution in [3.8, 4) is 17.2 Å². The molecule has 5 N–H and O–H groups in total. The van der Waals surface area contributed by atoms with Gasteiger partial charge >= 0.3 is 5.97 Å². The number of carboxylic acids is 1. The van der Waals surface area contributed by atoms with Crippen molar-refractivity contribution >= 4 is 5.97 Å². The Kier molecular flexibility index (Phi) is 6.03. The van der Waals surface area contributed by atoms with E-state index in [-0.39, 0.29) is 22.8 Å². The summed E-state index contributed by atoms with van der Waals surface area (Å²) in [6.45, 7) is -0.614. The molecular weight excluding hydrogens is 340 g/mol. The quantitative estimate of drug-likeness (QED) is 0.408. The van der Waals surface area contributed by atoms with Crippen molar-refractivity contribution in [3.63, 3.8) is 0 Å². The first-order chi connectivity index (χ1) is 11.8. The van der Waals surface area contributed by atoms with Crippen LogP contribution in [0.4, 0.5) is 0 Å². The Balaban J connectivity index is 2.36. The number of aliphatic hydroxyl groups is 4. The van der Waals surface area contributed by atoms with Crippen LogP contribution in [-0.4, -0.2) is 83.0 Å². The van der Waals surface area contributed by atoms with Crippen molar-refractivity contribution in [1.29, 1.82) is 0 Å². The fourth-order valence-electron chi connectivity index (χ4n) is 2.40. The fourth-order valence-corrected chi connectivity index (χ4v) is 2.40. The molecule has 1 aliphatic heterocycles. The van der Waals surface area contributed by atoms with Crippen LogP contribution in [0, 0.1) is 0 Å². The predicted octanol–water partition coefficient (Wildman–Crippen LogP) is -1.42. The average Bonchev–Trinajstić information content (AvgIpc) is 2.61. The van der Waals surface area contributed by atoms with Gasteiger partial charge in [0, 0.05) is 0 Å². The molecular formula is C15H20O10. The van der Waals surface area contributed by atoms with E-state index in [1.54, 1.807) is 0 Å². The number of aromatic carboxylic acids is 1. The summed E-state index contributed by atoms with van der Waals surface area (Å²) in [6, 6.07) is 2.37. The van der Waals surface area contributed by atoms with Crippen molar-refractivity contribution in [2.45, 2.75) is 30.7 Å². The molecule has 10 heteroatoms. The van der Waals surface area contributed by atoms with Crippen LogP contribution < -0.4 is 14.2 Å². The molecule has 2 rings (SSSR count). The first kappa shape index (κ1) is 19.2. The van der Waals surface area contributed by atoms with E-state index in [1.807, 2.05) is 0 Å². The zero-order valence-electron chi connectivity index (χ0n) is 13.5. The van der Waals surface area contributed by atoms with Crippen molar-refractivity contribution in [2.24, 2.45) is 0 Å². The molecule has 0 saturated carbocycles. The molecule has 10 nitrogen and oxygen atoms in total. The van der Waals surface area contributed by atoms with Crippen LogP contribution in [-0.2, 0) is 4.74 Å². The smallest absolute Gasteiger partial charge is 0.335 e. The lowest BCUT2D eigenvalue weighted by molar-refractivity contribution is -0.277. The van der Waals surface area contributed by atoms with Crippen LogP contribution in [0.3, 0.4) is 0 Å². The Morgan fingerprint density at radius 3 is 2.08 bits per heavy atom. The highest BCUT2D eigenvalue weighted by Crippen LogP contribution is 2.40. The van der Waals surface area contributed by atoms with Crippen LogP contribution in [0.15, 0.2) is 12.1 Å². The molecule has 0 spiro atoms. The molecule has 0 radical (unpaired) electrons. The molecule has 1 saturated heterocycles. The second-order valence-electron chi connectivity index (χ2n) is 5.33. The highest BCUT2D eigenvalue weighted by atomic mass is 16.7. The van der Waals surface area contributed by atoms with Gasteiger partial charge in [-0.15, -0.1) is 0 Å². The number of ether oxygens (including phenoxy) is 4. The van der Waals surface area contributed by atoms with Crippen molar-refractivity contribution < 1.29 is 49.3 Å². The molecule has 1 aromatic carbocycles. The normalized spacial score (nSPS) is 29.1. The minimum Gasteiger partial charge on any atom is -0.493 e. The Morgan fingerprint density at radius 2 is 1.64 bits per heavy atom. The second-order valence-corrected chi connectivity index (χ2v) is 5.33. The summed E-state index contributed by atoms with van der Waals surface area (Å²) in [5, 5.41) is 47.9. The van der Waals surface area contributed by atoms with Crippen LogP contribution in [0.2, 0.25) is 0 Å². The van der Waals surface area contributed by atoms with Crippen LogP contribution in [0.1, 0.15) is 10.4 Å². The Bertz CT molecular complexity index is 591. The summed E-state index contributed by atoms with van der Waals surface area (Å²) in [5.74, 6) is -1.29. The third kappa shape index (κ3) is 3.78. The van der Waals surface area contributed by atoms with E-state index in [9.17, 15) is 25.2 Å². The highest BCUT2D eigenvalue weighted by molar-refractivity contribution is 5.89. The zero-order valence-corrected chi connectivity index (χ0v) is 13.5. The van der Waals surface area contributed by atoms with Crippen LogP contribution >= 0.6 is 0 Å². The molecule has 1 fully saturated rings. The number of carbonyl (C=O) groups is 1. The van der Waals surface area contributed by atoms with Gasteiger partial charge in [-0.25, -0.2) is 4.79 Å². The first-order valence-corrected chi connectivity index (χ1v) is 7.30. The molecule has 0 amide bonds. The zero-order chi connectivity index (χ0) is 18.7. The molecule has 5 atom stereocenters. The van der Waals surface area contributed by atoms with Gasteiger partial charge in [-0.1, -0.05) is 0 Å². The summed E-state index contributed by atoms with van der Waals surface area (Å²) in [4.78, 5) is 11.1. The van der Waals surface area contributed by atoms with Gasteiger partial charge in [0.25, 0.3) is 0 Å². The number of rotatable bonds is 6. The summed E-state index contributed by atoms with van der Waals surface area (Å²) in [6.07, 6.45) is -7.40. The lowest BCUT2D eigenvalue weighted by Crippen LogP contribution is -2.60. The van der Waals surface area contributed by atoms with E-state index in [0.29, 0.717) is 0 Å². The maximum atomic E-state index is 11.1. The maximum absolute atomic E-state index is 11.1. The minimum atomic E-state index is -1.63. The van der Waals surface area contributed by atoms with Gasteiger partial charge in [0.05, 0.1) is 26.4 Å². The monoisotopic (exact) mass is 360 g/mol. The number of methoxy groups -OCH3 is 2. The third-order valence-corrected chi connectivity index (χ3v) is 3.79. The first-order valence-electron chi connectivity index (χ1n) is 7.30. The summed E-state index contributed by atoms with van der Waals surface area (Å²) in [7, 11) is 2.56. The molecule has 25 heavy (non-hydrogen) atoms. The largest absolute Gasteiger partial charge is 0.493 e. The van der Waals surface area contributed by atoms with Gasteiger partial charge in [-0.05, 0) is 12.1 Å². The van der Waals surface area contributed by atoms with Gasteiger partial charge in [0.15, 0.2) is 11.5 Å². The van der Waals surface area contributed by atoms with E-state index in [1.165, 1.54) is 26.4 Å². The number of aliphatic hydroxyl groups excluding tert-OH is 4. The van der Waals surface area contributed by atoms with Gasteiger partial charge in [-0.3, -0.25) is 0 Å².